The summed E-state index contributed by atoms with van der Waals surface area (Å²) < 4.78 is 8.05. The van der Waals surface area contributed by atoms with Crippen LogP contribution in [0.3, 0.4) is 0 Å². The van der Waals surface area contributed by atoms with Gasteiger partial charge in [0.2, 0.25) is 0 Å². The van der Waals surface area contributed by atoms with Gasteiger partial charge in [-0.15, -0.1) is 0 Å². The number of amides is 1. The van der Waals surface area contributed by atoms with Crippen molar-refractivity contribution in [1.82, 2.24) is 24.4 Å². The van der Waals surface area contributed by atoms with Gasteiger partial charge in [0, 0.05) is 12.7 Å². The highest BCUT2D eigenvalue weighted by Gasteiger charge is 2.30. The first-order valence-electron chi connectivity index (χ1n) is 8.70. The summed E-state index contributed by atoms with van der Waals surface area (Å²) in [5.41, 5.74) is 1.52. The van der Waals surface area contributed by atoms with Crippen LogP contribution in [-0.4, -0.2) is 43.0 Å². The van der Waals surface area contributed by atoms with Crippen LogP contribution < -0.4 is 4.74 Å². The Morgan fingerprint density at radius 3 is 2.92 bits per heavy atom. The van der Waals surface area contributed by atoms with Crippen LogP contribution in [0.4, 0.5) is 0 Å². The van der Waals surface area contributed by atoms with E-state index in [0.29, 0.717) is 18.8 Å². The van der Waals surface area contributed by atoms with Gasteiger partial charge in [0.25, 0.3) is 5.91 Å². The van der Waals surface area contributed by atoms with E-state index < -0.39 is 0 Å². The number of hydrogen-bond donors (Lipinski definition) is 1. The van der Waals surface area contributed by atoms with Gasteiger partial charge in [-0.2, -0.15) is 0 Å². The second-order valence-corrected chi connectivity index (χ2v) is 6.46. The van der Waals surface area contributed by atoms with E-state index in [-0.39, 0.29) is 11.9 Å². The van der Waals surface area contributed by atoms with Crippen LogP contribution in [-0.2, 0) is 13.1 Å². The normalized spacial score (nSPS) is 16.8. The Kier molecular flexibility index (Phi) is 4.43. The molecule has 1 unspecified atom stereocenters. The highest BCUT2D eigenvalue weighted by Crippen LogP contribution is 2.21. The van der Waals surface area contributed by atoms with Crippen molar-refractivity contribution in [2.45, 2.75) is 32.5 Å². The van der Waals surface area contributed by atoms with Gasteiger partial charge in [0.1, 0.15) is 23.9 Å². The van der Waals surface area contributed by atoms with Crippen molar-refractivity contribution in [2.24, 2.45) is 0 Å². The van der Waals surface area contributed by atoms with Crippen molar-refractivity contribution >= 4 is 5.91 Å². The largest absolute Gasteiger partial charge is 0.491 e. The van der Waals surface area contributed by atoms with E-state index in [1.165, 1.54) is 0 Å². The quantitative estimate of drug-likeness (QED) is 0.783. The smallest absolute Gasteiger partial charge is 0.272 e. The van der Waals surface area contributed by atoms with E-state index in [2.05, 4.69) is 19.5 Å². The predicted molar refractivity (Wildman–Crippen MR) is 95.8 cm³/mol. The first-order chi connectivity index (χ1) is 12.7. The van der Waals surface area contributed by atoms with E-state index in [9.17, 15) is 4.79 Å². The van der Waals surface area contributed by atoms with E-state index in [1.807, 2.05) is 54.7 Å². The molecule has 0 fully saturated rings. The molecule has 1 N–H and O–H groups in total. The number of aryl methyl sites for hydroxylation is 2. The SMILES string of the molecule is Cc1ncc(C(=O)N2Cc3cncn3CCC2COc2ccccc2)[nH]1. The van der Waals surface area contributed by atoms with E-state index in [4.69, 9.17) is 4.74 Å². The minimum absolute atomic E-state index is 0.0359. The Bertz CT molecular complexity index is 886. The Balaban J connectivity index is 1.57. The van der Waals surface area contributed by atoms with Crippen molar-refractivity contribution in [1.29, 1.82) is 0 Å². The van der Waals surface area contributed by atoms with Gasteiger partial charge in [-0.05, 0) is 25.5 Å². The molecule has 1 aliphatic heterocycles. The summed E-state index contributed by atoms with van der Waals surface area (Å²) in [5, 5.41) is 0. The number of imidazole rings is 2. The average Bonchev–Trinajstić information content (AvgIpc) is 3.26. The van der Waals surface area contributed by atoms with Crippen molar-refractivity contribution in [3.05, 3.63) is 66.3 Å². The average molecular weight is 351 g/mol. The topological polar surface area (TPSA) is 76.0 Å². The Hall–Kier alpha value is -3.09. The van der Waals surface area contributed by atoms with Gasteiger partial charge in [0.05, 0.1) is 30.8 Å². The molecular weight excluding hydrogens is 330 g/mol. The molecule has 0 radical (unpaired) electrons. The van der Waals surface area contributed by atoms with E-state index in [1.54, 1.807) is 6.20 Å². The number of rotatable bonds is 4. The fourth-order valence-electron chi connectivity index (χ4n) is 3.23. The molecule has 2 aromatic heterocycles. The number of ether oxygens (including phenoxy) is 1. The number of aromatic amines is 1. The lowest BCUT2D eigenvalue weighted by atomic mass is 10.1. The number of carbonyl (C=O) groups excluding carboxylic acids is 1. The van der Waals surface area contributed by atoms with Crippen molar-refractivity contribution < 1.29 is 9.53 Å². The maximum atomic E-state index is 13.1. The molecule has 1 aromatic carbocycles. The molecule has 7 nitrogen and oxygen atoms in total. The number of aromatic nitrogens is 4. The standard InChI is InChI=1S/C19H21N5O2/c1-14-21-10-18(22-14)19(25)24-11-16-9-20-13-23(16)8-7-15(24)12-26-17-5-3-2-4-6-17/h2-6,9-10,13,15H,7-8,11-12H2,1H3,(H,21,22). The lowest BCUT2D eigenvalue weighted by molar-refractivity contribution is 0.0583. The molecule has 0 spiro atoms. The highest BCUT2D eigenvalue weighted by atomic mass is 16.5. The highest BCUT2D eigenvalue weighted by molar-refractivity contribution is 5.92. The van der Waals surface area contributed by atoms with E-state index >= 15 is 0 Å². The lowest BCUT2D eigenvalue weighted by Crippen LogP contribution is -2.42. The monoisotopic (exact) mass is 351 g/mol. The van der Waals surface area contributed by atoms with Crippen molar-refractivity contribution in [2.75, 3.05) is 6.61 Å². The molecule has 26 heavy (non-hydrogen) atoms. The summed E-state index contributed by atoms with van der Waals surface area (Å²) in [6.07, 6.45) is 6.03. The number of hydrogen-bond acceptors (Lipinski definition) is 4. The number of nitrogens with zero attached hydrogens (tertiary/aromatic N) is 4. The fraction of sp³-hybridized carbons (Fsp3) is 0.316. The fourth-order valence-corrected chi connectivity index (χ4v) is 3.23. The third-order valence-electron chi connectivity index (χ3n) is 4.65. The molecule has 4 rings (SSSR count). The molecule has 1 aliphatic rings. The summed E-state index contributed by atoms with van der Waals surface area (Å²) in [5.74, 6) is 1.47. The molecule has 134 valence electrons. The number of nitrogens with one attached hydrogen (secondary N) is 1. The van der Waals surface area contributed by atoms with Crippen LogP contribution in [0.1, 0.15) is 28.4 Å². The summed E-state index contributed by atoms with van der Waals surface area (Å²) in [7, 11) is 0. The lowest BCUT2D eigenvalue weighted by Gasteiger charge is -2.29. The van der Waals surface area contributed by atoms with Crippen LogP contribution >= 0.6 is 0 Å². The summed E-state index contributed by atoms with van der Waals surface area (Å²) in [6.45, 7) is 3.59. The number of para-hydroxylation sites is 1. The second-order valence-electron chi connectivity index (χ2n) is 6.46. The third-order valence-corrected chi connectivity index (χ3v) is 4.65. The van der Waals surface area contributed by atoms with Crippen LogP contribution in [0.5, 0.6) is 5.75 Å². The van der Waals surface area contributed by atoms with Gasteiger partial charge >= 0.3 is 0 Å². The van der Waals surface area contributed by atoms with Crippen LogP contribution in [0.15, 0.2) is 49.1 Å². The predicted octanol–water partition coefficient (Wildman–Crippen LogP) is 2.41. The maximum absolute atomic E-state index is 13.1. The summed E-state index contributed by atoms with van der Waals surface area (Å²) in [6, 6.07) is 9.65. The molecule has 0 saturated heterocycles. The molecule has 0 aliphatic carbocycles. The molecular formula is C19H21N5O2. The molecule has 1 atom stereocenters. The van der Waals surface area contributed by atoms with Gasteiger partial charge < -0.3 is 19.2 Å². The van der Waals surface area contributed by atoms with Crippen molar-refractivity contribution in [3.8, 4) is 5.75 Å². The van der Waals surface area contributed by atoms with Gasteiger partial charge in [-0.25, -0.2) is 9.97 Å². The molecule has 3 aromatic rings. The molecule has 1 amide bonds. The zero-order valence-corrected chi connectivity index (χ0v) is 14.6. The second kappa shape index (κ2) is 7.03. The first kappa shape index (κ1) is 16.4. The molecule has 7 heteroatoms. The third kappa shape index (κ3) is 3.33. The molecule has 3 heterocycles. The number of carbonyl (C=O) groups is 1. The zero-order valence-electron chi connectivity index (χ0n) is 14.6. The van der Waals surface area contributed by atoms with Gasteiger partial charge in [-0.3, -0.25) is 4.79 Å². The van der Waals surface area contributed by atoms with Crippen molar-refractivity contribution in [3.63, 3.8) is 0 Å². The molecule has 0 saturated carbocycles. The van der Waals surface area contributed by atoms with Crippen LogP contribution in [0.25, 0.3) is 0 Å². The number of benzene rings is 1. The van der Waals surface area contributed by atoms with Crippen LogP contribution in [0.2, 0.25) is 0 Å². The minimum Gasteiger partial charge on any atom is -0.491 e. The van der Waals surface area contributed by atoms with Gasteiger partial charge in [-0.1, -0.05) is 18.2 Å². The molecule has 0 bridgehead atoms. The van der Waals surface area contributed by atoms with E-state index in [0.717, 1.165) is 30.2 Å². The number of fused-ring (bicyclic) bond motifs is 1. The summed E-state index contributed by atoms with van der Waals surface area (Å²) in [4.78, 5) is 26.4. The number of H-pyrrole nitrogens is 1. The van der Waals surface area contributed by atoms with Gasteiger partial charge in [0.15, 0.2) is 0 Å². The Morgan fingerprint density at radius 2 is 2.15 bits per heavy atom. The maximum Gasteiger partial charge on any atom is 0.272 e. The minimum atomic E-state index is -0.0677. The Morgan fingerprint density at radius 1 is 1.31 bits per heavy atom. The Labute approximate surface area is 151 Å². The first-order valence-corrected chi connectivity index (χ1v) is 8.70. The zero-order chi connectivity index (χ0) is 17.9. The summed E-state index contributed by atoms with van der Waals surface area (Å²) >= 11 is 0. The van der Waals surface area contributed by atoms with Crippen LogP contribution in [0, 0.1) is 6.92 Å².